The molecule has 4 nitrogen and oxygen atoms in total. The Morgan fingerprint density at radius 2 is 2.24 bits per heavy atom. The van der Waals surface area contributed by atoms with Gasteiger partial charge >= 0.3 is 0 Å². The van der Waals surface area contributed by atoms with Gasteiger partial charge in [0.2, 0.25) is 0 Å². The van der Waals surface area contributed by atoms with Crippen LogP contribution >= 0.6 is 0 Å². The SMILES string of the molecule is CCc1cc(CO)cc(N2CCC(C)(O)C2)n1. The number of hydrogen-bond acceptors (Lipinski definition) is 4. The highest BCUT2D eigenvalue weighted by Gasteiger charge is 2.32. The lowest BCUT2D eigenvalue weighted by Crippen LogP contribution is -2.30. The van der Waals surface area contributed by atoms with Crippen molar-refractivity contribution in [3.63, 3.8) is 0 Å². The van der Waals surface area contributed by atoms with Crippen LogP contribution in [0.4, 0.5) is 5.82 Å². The van der Waals surface area contributed by atoms with Crippen LogP contribution in [-0.2, 0) is 13.0 Å². The van der Waals surface area contributed by atoms with Gasteiger partial charge in [-0.15, -0.1) is 0 Å². The average Bonchev–Trinajstić information content (AvgIpc) is 2.69. The fourth-order valence-corrected chi connectivity index (χ4v) is 2.21. The maximum Gasteiger partial charge on any atom is 0.129 e. The van der Waals surface area contributed by atoms with Gasteiger partial charge in [0.1, 0.15) is 5.82 Å². The molecule has 1 aliphatic rings. The van der Waals surface area contributed by atoms with Gasteiger partial charge in [-0.25, -0.2) is 4.98 Å². The average molecular weight is 236 g/mol. The van der Waals surface area contributed by atoms with Crippen molar-refractivity contribution in [2.24, 2.45) is 0 Å². The number of hydrogen-bond donors (Lipinski definition) is 2. The van der Waals surface area contributed by atoms with Crippen LogP contribution in [-0.4, -0.2) is 33.9 Å². The molecule has 17 heavy (non-hydrogen) atoms. The molecule has 4 heteroatoms. The van der Waals surface area contributed by atoms with E-state index >= 15 is 0 Å². The second-order valence-electron chi connectivity index (χ2n) is 5.01. The Hall–Kier alpha value is -1.13. The van der Waals surface area contributed by atoms with Gasteiger partial charge in [-0.05, 0) is 37.5 Å². The molecular weight excluding hydrogens is 216 g/mol. The van der Waals surface area contributed by atoms with Crippen molar-refractivity contribution in [3.8, 4) is 0 Å². The van der Waals surface area contributed by atoms with Crippen LogP contribution in [0.2, 0.25) is 0 Å². The molecule has 0 spiro atoms. The first kappa shape index (κ1) is 12.3. The fourth-order valence-electron chi connectivity index (χ4n) is 2.21. The summed E-state index contributed by atoms with van der Waals surface area (Å²) >= 11 is 0. The minimum Gasteiger partial charge on any atom is -0.392 e. The number of anilines is 1. The third kappa shape index (κ3) is 2.76. The van der Waals surface area contributed by atoms with Crippen LogP contribution in [0.1, 0.15) is 31.5 Å². The van der Waals surface area contributed by atoms with E-state index in [2.05, 4.69) is 9.88 Å². The summed E-state index contributed by atoms with van der Waals surface area (Å²) in [4.78, 5) is 6.63. The predicted octanol–water partition coefficient (Wildman–Crippen LogP) is 1.10. The van der Waals surface area contributed by atoms with Crippen LogP contribution in [0.5, 0.6) is 0 Å². The van der Waals surface area contributed by atoms with Crippen molar-refractivity contribution >= 4 is 5.82 Å². The summed E-state index contributed by atoms with van der Waals surface area (Å²) in [7, 11) is 0. The molecule has 1 aromatic heterocycles. The number of aromatic nitrogens is 1. The Morgan fingerprint density at radius 1 is 1.47 bits per heavy atom. The van der Waals surface area contributed by atoms with Gasteiger partial charge in [0.15, 0.2) is 0 Å². The normalized spacial score (nSPS) is 24.4. The maximum absolute atomic E-state index is 9.96. The number of nitrogens with zero attached hydrogens (tertiary/aromatic N) is 2. The number of aryl methyl sites for hydroxylation is 1. The first-order valence-corrected chi connectivity index (χ1v) is 6.12. The maximum atomic E-state index is 9.96. The van der Waals surface area contributed by atoms with Crippen LogP contribution < -0.4 is 4.90 Å². The van der Waals surface area contributed by atoms with Gasteiger partial charge in [0.25, 0.3) is 0 Å². The van der Waals surface area contributed by atoms with Crippen molar-refractivity contribution in [2.45, 2.75) is 38.9 Å². The van der Waals surface area contributed by atoms with Crippen LogP contribution in [0.15, 0.2) is 12.1 Å². The highest BCUT2D eigenvalue weighted by atomic mass is 16.3. The van der Waals surface area contributed by atoms with Gasteiger partial charge in [0, 0.05) is 18.8 Å². The molecule has 94 valence electrons. The minimum atomic E-state index is -0.622. The summed E-state index contributed by atoms with van der Waals surface area (Å²) in [5, 5.41) is 19.2. The molecule has 0 amide bonds. The van der Waals surface area contributed by atoms with E-state index in [1.807, 2.05) is 26.0 Å². The summed E-state index contributed by atoms with van der Waals surface area (Å²) in [5.41, 5.74) is 1.25. The summed E-state index contributed by atoms with van der Waals surface area (Å²) in [6, 6.07) is 3.83. The van der Waals surface area contributed by atoms with Crippen LogP contribution in [0.3, 0.4) is 0 Å². The predicted molar refractivity (Wildman–Crippen MR) is 67.0 cm³/mol. The smallest absolute Gasteiger partial charge is 0.129 e. The van der Waals surface area contributed by atoms with Crippen molar-refractivity contribution < 1.29 is 10.2 Å². The molecule has 1 aromatic rings. The van der Waals surface area contributed by atoms with Gasteiger partial charge in [-0.3, -0.25) is 0 Å². The molecule has 1 unspecified atom stereocenters. The molecule has 2 N–H and O–H groups in total. The molecular formula is C13H20N2O2. The van der Waals surface area contributed by atoms with E-state index in [4.69, 9.17) is 0 Å². The van der Waals surface area contributed by atoms with Gasteiger partial charge in [-0.2, -0.15) is 0 Å². The summed E-state index contributed by atoms with van der Waals surface area (Å²) in [6.45, 7) is 5.36. The molecule has 1 saturated heterocycles. The number of β-amino-alcohol motifs (C(OH)–C–C–N with tert-alkyl or cyclic N) is 1. The highest BCUT2D eigenvalue weighted by Crippen LogP contribution is 2.26. The minimum absolute atomic E-state index is 0.0345. The van der Waals surface area contributed by atoms with Gasteiger partial charge in [-0.1, -0.05) is 6.92 Å². The topological polar surface area (TPSA) is 56.6 Å². The number of rotatable bonds is 3. The third-order valence-electron chi connectivity index (χ3n) is 3.25. The molecule has 0 bridgehead atoms. The van der Waals surface area contributed by atoms with E-state index in [0.717, 1.165) is 36.5 Å². The van der Waals surface area contributed by atoms with E-state index in [-0.39, 0.29) is 6.61 Å². The quantitative estimate of drug-likeness (QED) is 0.825. The standard InChI is InChI=1S/C13H20N2O2/c1-3-11-6-10(8-16)7-12(14-11)15-5-4-13(2,17)9-15/h6-7,16-17H,3-5,8-9H2,1-2H3. The Labute approximate surface area is 102 Å². The van der Waals surface area contributed by atoms with Gasteiger partial charge in [0.05, 0.1) is 12.2 Å². The summed E-state index contributed by atoms with van der Waals surface area (Å²) < 4.78 is 0. The Bertz CT molecular complexity index is 382. The molecule has 0 radical (unpaired) electrons. The Balaban J connectivity index is 2.26. The number of aliphatic hydroxyl groups is 2. The van der Waals surface area contributed by atoms with E-state index in [0.29, 0.717) is 6.54 Å². The molecule has 2 rings (SSSR count). The van der Waals surface area contributed by atoms with E-state index in [1.165, 1.54) is 0 Å². The zero-order chi connectivity index (χ0) is 12.5. The third-order valence-corrected chi connectivity index (χ3v) is 3.25. The fraction of sp³-hybridized carbons (Fsp3) is 0.615. The number of aliphatic hydroxyl groups excluding tert-OH is 1. The zero-order valence-corrected chi connectivity index (χ0v) is 10.5. The Kier molecular flexibility index (Phi) is 3.35. The van der Waals surface area contributed by atoms with Crippen LogP contribution in [0, 0.1) is 0 Å². The largest absolute Gasteiger partial charge is 0.392 e. The first-order chi connectivity index (χ1) is 8.04. The summed E-state index contributed by atoms with van der Waals surface area (Å²) in [5.74, 6) is 0.867. The van der Waals surface area contributed by atoms with Crippen molar-refractivity contribution in [3.05, 3.63) is 23.4 Å². The monoisotopic (exact) mass is 236 g/mol. The molecule has 1 atom stereocenters. The molecule has 2 heterocycles. The lowest BCUT2D eigenvalue weighted by Gasteiger charge is -2.21. The van der Waals surface area contributed by atoms with Crippen molar-refractivity contribution in [1.29, 1.82) is 0 Å². The van der Waals surface area contributed by atoms with E-state index in [9.17, 15) is 10.2 Å². The van der Waals surface area contributed by atoms with E-state index in [1.54, 1.807) is 0 Å². The van der Waals surface area contributed by atoms with Crippen LogP contribution in [0.25, 0.3) is 0 Å². The molecule has 1 fully saturated rings. The summed E-state index contributed by atoms with van der Waals surface area (Å²) in [6.07, 6.45) is 1.62. The molecule has 0 aromatic carbocycles. The van der Waals surface area contributed by atoms with Crippen molar-refractivity contribution in [1.82, 2.24) is 4.98 Å². The van der Waals surface area contributed by atoms with Crippen molar-refractivity contribution in [2.75, 3.05) is 18.0 Å². The number of pyridine rings is 1. The second-order valence-corrected chi connectivity index (χ2v) is 5.01. The zero-order valence-electron chi connectivity index (χ0n) is 10.5. The van der Waals surface area contributed by atoms with E-state index < -0.39 is 5.60 Å². The molecule has 1 aliphatic heterocycles. The lowest BCUT2D eigenvalue weighted by molar-refractivity contribution is 0.0839. The highest BCUT2D eigenvalue weighted by molar-refractivity contribution is 5.44. The molecule has 0 saturated carbocycles. The lowest BCUT2D eigenvalue weighted by atomic mass is 10.1. The first-order valence-electron chi connectivity index (χ1n) is 6.12. The van der Waals surface area contributed by atoms with Gasteiger partial charge < -0.3 is 15.1 Å². The Morgan fingerprint density at radius 3 is 2.76 bits per heavy atom. The molecule has 0 aliphatic carbocycles. The second kappa shape index (κ2) is 4.63.